The fourth-order valence-corrected chi connectivity index (χ4v) is 1.00. The molecule has 2 aromatic rings. The van der Waals surface area contributed by atoms with Crippen LogP contribution < -0.4 is 28.6 Å². The van der Waals surface area contributed by atoms with Gasteiger partial charge in [0.15, 0.2) is 0 Å². The Kier molecular flexibility index (Phi) is 3.34. The van der Waals surface area contributed by atoms with E-state index in [2.05, 4.69) is 16.0 Å². The molecule has 0 radical (unpaired) electrons. The molecule has 0 N–H and O–H groups in total. The molecule has 0 fully saturated rings. The van der Waals surface area contributed by atoms with E-state index in [0.29, 0.717) is 0 Å². The average molecular weight is 182 g/mol. The van der Waals surface area contributed by atoms with E-state index >= 15 is 0 Å². The Balaban J connectivity index is 0.000000980. The van der Waals surface area contributed by atoms with Crippen LogP contribution in [0.2, 0.25) is 0 Å². The van der Waals surface area contributed by atoms with E-state index in [1.54, 1.807) is 0 Å². The van der Waals surface area contributed by atoms with E-state index in [1.165, 1.54) is 4.68 Å². The Labute approximate surface area is 93.3 Å². The van der Waals surface area contributed by atoms with Gasteiger partial charge in [0.2, 0.25) is 0 Å². The summed E-state index contributed by atoms with van der Waals surface area (Å²) in [7, 11) is 0. The molecule has 5 heteroatoms. The summed E-state index contributed by atoms with van der Waals surface area (Å²) in [6.45, 7) is 1.99. The number of rotatable bonds is 1. The minimum Gasteiger partial charge on any atom is -0.560 e. The van der Waals surface area contributed by atoms with Crippen molar-refractivity contribution in [3.8, 4) is 11.6 Å². The van der Waals surface area contributed by atoms with E-state index in [1.807, 2.05) is 31.2 Å². The average Bonchev–Trinajstić information content (AvgIpc) is 2.53. The predicted octanol–water partition coefficient (Wildman–Crippen LogP) is -2.86. The molecule has 0 amide bonds. The third-order valence-corrected chi connectivity index (χ3v) is 1.68. The molecule has 14 heavy (non-hydrogen) atoms. The molecule has 2 rings (SSSR count). The van der Waals surface area contributed by atoms with Crippen LogP contribution in [0.1, 0.15) is 5.56 Å². The molecule has 0 saturated carbocycles. The van der Waals surface area contributed by atoms with Crippen LogP contribution in [-0.4, -0.2) is 5.27 Å². The van der Waals surface area contributed by atoms with Crippen molar-refractivity contribution in [1.29, 1.82) is 0 Å². The second-order valence-corrected chi connectivity index (χ2v) is 2.72. The summed E-state index contributed by atoms with van der Waals surface area (Å²) in [6.07, 6.45) is 2.40. The van der Waals surface area contributed by atoms with Gasteiger partial charge < -0.3 is 9.63 Å². The Morgan fingerprint density at radius 2 is 2.00 bits per heavy atom. The molecule has 0 aliphatic carbocycles. The van der Waals surface area contributed by atoms with Gasteiger partial charge in [0.05, 0.1) is 11.6 Å². The van der Waals surface area contributed by atoms with Gasteiger partial charge in [0.25, 0.3) is 0 Å². The van der Waals surface area contributed by atoms with Crippen molar-refractivity contribution in [3.63, 3.8) is 0 Å². The van der Waals surface area contributed by atoms with Crippen molar-refractivity contribution >= 4 is 0 Å². The van der Waals surface area contributed by atoms with Crippen molar-refractivity contribution in [2.45, 2.75) is 6.92 Å². The van der Waals surface area contributed by atoms with Gasteiger partial charge >= 0.3 is 18.9 Å². The van der Waals surface area contributed by atoms with Gasteiger partial charge in [-0.2, -0.15) is 4.68 Å². The first-order chi connectivity index (χ1) is 6.25. The smallest absolute Gasteiger partial charge is 0.560 e. The third kappa shape index (κ3) is 2.16. The van der Waals surface area contributed by atoms with Gasteiger partial charge in [-0.25, -0.2) is 0 Å². The molecule has 0 spiro atoms. The van der Waals surface area contributed by atoms with Crippen molar-refractivity contribution in [2.75, 3.05) is 0 Å². The van der Waals surface area contributed by atoms with Gasteiger partial charge in [-0.15, -0.1) is 0 Å². The summed E-state index contributed by atoms with van der Waals surface area (Å²) in [6, 6.07) is 7.53. The topological polar surface area (TPSA) is 53.0 Å². The van der Waals surface area contributed by atoms with Gasteiger partial charge in [0.1, 0.15) is 6.20 Å². The van der Waals surface area contributed by atoms with E-state index in [4.69, 9.17) is 0 Å². The standard InChI is InChI=1S/C9H8N2O2.Li/c1-7-2-4-8(5-3-7)11-6-9(12)13-10-11;/h2-5,12H,1H3;/q;+1/p-1. The Morgan fingerprint density at radius 1 is 1.36 bits per heavy atom. The maximum atomic E-state index is 10.6. The summed E-state index contributed by atoms with van der Waals surface area (Å²) in [5.41, 5.74) is 1.91. The number of aromatic nitrogens is 2. The summed E-state index contributed by atoms with van der Waals surface area (Å²) < 4.78 is 5.63. The largest absolute Gasteiger partial charge is 1.00 e. The predicted molar refractivity (Wildman–Crippen MR) is 41.1 cm³/mol. The van der Waals surface area contributed by atoms with Gasteiger partial charge in [-0.05, 0) is 6.92 Å². The molecule has 1 aromatic carbocycles. The molecule has 0 aliphatic rings. The summed E-state index contributed by atoms with van der Waals surface area (Å²) in [4.78, 5) is 0. The maximum Gasteiger partial charge on any atom is 1.00 e. The minimum absolute atomic E-state index is 0. The number of hydrogen-bond donors (Lipinski definition) is 0. The van der Waals surface area contributed by atoms with Crippen LogP contribution in [0.3, 0.4) is 0 Å². The SMILES string of the molecule is Cc1ccc(-[n+]2[c-]c([O-])on2)cc1.[Li+]. The molecular formula is C9H7LiN2O2. The number of hydrogen-bond acceptors (Lipinski definition) is 3. The quantitative estimate of drug-likeness (QED) is 0.271. The Morgan fingerprint density at radius 3 is 2.50 bits per heavy atom. The zero-order valence-electron chi connectivity index (χ0n) is 8.02. The fraction of sp³-hybridized carbons (Fsp3) is 0.111. The second kappa shape index (κ2) is 4.31. The normalized spacial score (nSPS) is 9.50. The first-order valence-corrected chi connectivity index (χ1v) is 3.81. The number of nitrogens with zero attached hydrogens (tertiary/aromatic N) is 2. The van der Waals surface area contributed by atoms with Crippen molar-refractivity contribution in [1.82, 2.24) is 5.27 Å². The molecule has 0 bridgehead atoms. The first kappa shape index (κ1) is 10.8. The summed E-state index contributed by atoms with van der Waals surface area (Å²) in [5, 5.41) is 14.1. The zero-order valence-corrected chi connectivity index (χ0v) is 8.02. The molecule has 1 heterocycles. The number of benzene rings is 1. The van der Waals surface area contributed by atoms with Gasteiger partial charge in [0, 0.05) is 5.27 Å². The summed E-state index contributed by atoms with van der Waals surface area (Å²) in [5.74, 6) is -0.569. The van der Waals surface area contributed by atoms with Gasteiger partial charge in [-0.1, -0.05) is 29.8 Å². The van der Waals surface area contributed by atoms with Crippen molar-refractivity contribution in [2.24, 2.45) is 0 Å². The zero-order chi connectivity index (χ0) is 9.26. The van der Waals surface area contributed by atoms with Crippen molar-refractivity contribution in [3.05, 3.63) is 36.0 Å². The van der Waals surface area contributed by atoms with Crippen LogP contribution in [-0.2, 0) is 0 Å². The molecule has 0 saturated heterocycles. The van der Waals surface area contributed by atoms with Gasteiger partial charge in [-0.3, -0.25) is 0 Å². The van der Waals surface area contributed by atoms with E-state index in [9.17, 15) is 5.11 Å². The van der Waals surface area contributed by atoms with Crippen LogP contribution in [0, 0.1) is 13.1 Å². The van der Waals surface area contributed by atoms with E-state index in [0.717, 1.165) is 11.3 Å². The monoisotopic (exact) mass is 182 g/mol. The first-order valence-electron chi connectivity index (χ1n) is 3.81. The Bertz CT molecular complexity index is 411. The fourth-order valence-electron chi connectivity index (χ4n) is 1.00. The second-order valence-electron chi connectivity index (χ2n) is 2.72. The Hall–Kier alpha value is -1.24. The number of aryl methyl sites for hydroxylation is 1. The van der Waals surface area contributed by atoms with Crippen LogP contribution in [0.5, 0.6) is 5.95 Å². The van der Waals surface area contributed by atoms with Crippen LogP contribution >= 0.6 is 0 Å². The molecule has 4 nitrogen and oxygen atoms in total. The third-order valence-electron chi connectivity index (χ3n) is 1.68. The van der Waals surface area contributed by atoms with E-state index in [-0.39, 0.29) is 18.9 Å². The van der Waals surface area contributed by atoms with Crippen molar-refractivity contribution < 1.29 is 33.2 Å². The van der Waals surface area contributed by atoms with E-state index < -0.39 is 5.95 Å². The van der Waals surface area contributed by atoms with Crippen LogP contribution in [0.4, 0.5) is 0 Å². The molecule has 1 aromatic heterocycles. The van der Waals surface area contributed by atoms with Crippen LogP contribution in [0.25, 0.3) is 5.69 Å². The minimum atomic E-state index is -0.569. The molecule has 0 atom stereocenters. The molecule has 0 aliphatic heterocycles. The summed E-state index contributed by atoms with van der Waals surface area (Å²) >= 11 is 0. The maximum absolute atomic E-state index is 10.6. The molecule has 0 unspecified atom stereocenters. The molecule has 66 valence electrons. The van der Waals surface area contributed by atoms with Crippen LogP contribution in [0.15, 0.2) is 28.8 Å². The molecular weight excluding hydrogens is 175 g/mol.